The maximum absolute atomic E-state index is 8.93. The van der Waals surface area contributed by atoms with Crippen molar-refractivity contribution in [2.45, 2.75) is 0 Å². The van der Waals surface area contributed by atoms with Crippen LogP contribution in [-0.2, 0) is 0 Å². The van der Waals surface area contributed by atoms with Gasteiger partial charge in [-0.15, -0.1) is 0 Å². The fourth-order valence-electron chi connectivity index (χ4n) is 1.46. The summed E-state index contributed by atoms with van der Waals surface area (Å²) in [6.45, 7) is 0. The summed E-state index contributed by atoms with van der Waals surface area (Å²) in [6, 6.07) is 14.9. The maximum Gasteiger partial charge on any atom is 0.124 e. The number of nitriles is 2. The highest BCUT2D eigenvalue weighted by molar-refractivity contribution is 5.51. The summed E-state index contributed by atoms with van der Waals surface area (Å²) in [6.07, 6.45) is 1.77. The van der Waals surface area contributed by atoms with E-state index in [0.29, 0.717) is 11.3 Å². The van der Waals surface area contributed by atoms with E-state index in [9.17, 15) is 0 Å². The smallest absolute Gasteiger partial charge is 0.124 e. The molecule has 0 fully saturated rings. The highest BCUT2D eigenvalue weighted by atomic mass is 15.0. The van der Waals surface area contributed by atoms with Crippen molar-refractivity contribution in [3.8, 4) is 17.8 Å². The molecule has 0 radical (unpaired) electrons. The van der Waals surface area contributed by atoms with E-state index < -0.39 is 0 Å². The lowest BCUT2D eigenvalue weighted by atomic mass is 10.2. The molecular weight excluding hydrogens is 186 g/mol. The fourth-order valence-corrected chi connectivity index (χ4v) is 1.46. The average Bonchev–Trinajstić information content (AvgIpc) is 2.76. The molecule has 3 heteroatoms. The monoisotopic (exact) mass is 193 g/mol. The first-order chi connectivity index (χ1) is 7.36. The second-order valence-electron chi connectivity index (χ2n) is 3.00. The van der Waals surface area contributed by atoms with Crippen molar-refractivity contribution in [1.29, 1.82) is 10.5 Å². The number of aromatic nitrogens is 1. The summed E-state index contributed by atoms with van der Waals surface area (Å²) in [5.74, 6) is 0. The van der Waals surface area contributed by atoms with E-state index in [-0.39, 0.29) is 0 Å². The molecule has 15 heavy (non-hydrogen) atoms. The Morgan fingerprint density at radius 1 is 0.933 bits per heavy atom. The molecule has 3 nitrogen and oxygen atoms in total. The maximum atomic E-state index is 8.93. The van der Waals surface area contributed by atoms with Crippen molar-refractivity contribution in [3.63, 3.8) is 0 Å². The average molecular weight is 193 g/mol. The number of hydrogen-bond acceptors (Lipinski definition) is 2. The summed E-state index contributed by atoms with van der Waals surface area (Å²) in [5, 5.41) is 17.8. The normalized spacial score (nSPS) is 9.20. The minimum atomic E-state index is 0.526. The zero-order valence-corrected chi connectivity index (χ0v) is 7.88. The zero-order valence-electron chi connectivity index (χ0n) is 7.88. The van der Waals surface area contributed by atoms with Crippen LogP contribution in [-0.4, -0.2) is 4.57 Å². The van der Waals surface area contributed by atoms with Gasteiger partial charge in [-0.25, -0.2) is 0 Å². The third-order valence-electron chi connectivity index (χ3n) is 2.15. The lowest BCUT2D eigenvalue weighted by molar-refractivity contribution is 1.05. The van der Waals surface area contributed by atoms with Crippen molar-refractivity contribution in [2.75, 3.05) is 0 Å². The molecule has 0 bridgehead atoms. The lowest BCUT2D eigenvalue weighted by Gasteiger charge is -2.05. The Kier molecular flexibility index (Phi) is 2.23. The Bertz CT molecular complexity index is 567. The Balaban J connectivity index is 2.66. The summed E-state index contributed by atoms with van der Waals surface area (Å²) in [4.78, 5) is 0. The molecule has 0 aliphatic carbocycles. The standard InChI is InChI=1S/C12H7N3/c13-8-10-4-1-2-6-12(10)15-7-3-5-11(15)9-14/h1-7H. The van der Waals surface area contributed by atoms with Crippen LogP contribution in [0.5, 0.6) is 0 Å². The van der Waals surface area contributed by atoms with Gasteiger partial charge in [-0.1, -0.05) is 12.1 Å². The number of nitrogens with zero attached hydrogens (tertiary/aromatic N) is 3. The van der Waals surface area contributed by atoms with E-state index in [0.717, 1.165) is 5.69 Å². The Hall–Kier alpha value is -2.52. The molecule has 2 rings (SSSR count). The Labute approximate surface area is 87.4 Å². The first kappa shape index (κ1) is 9.05. The molecule has 2 aromatic rings. The lowest BCUT2D eigenvalue weighted by Crippen LogP contribution is -1.97. The molecule has 0 aliphatic rings. The van der Waals surface area contributed by atoms with Gasteiger partial charge in [0.1, 0.15) is 17.8 Å². The number of para-hydroxylation sites is 1. The van der Waals surface area contributed by atoms with Gasteiger partial charge in [-0.05, 0) is 24.3 Å². The molecular formula is C12H7N3. The zero-order chi connectivity index (χ0) is 10.7. The van der Waals surface area contributed by atoms with Crippen molar-refractivity contribution in [2.24, 2.45) is 0 Å². The van der Waals surface area contributed by atoms with Gasteiger partial charge in [-0.2, -0.15) is 10.5 Å². The van der Waals surface area contributed by atoms with Gasteiger partial charge < -0.3 is 4.57 Å². The molecule has 0 saturated carbocycles. The van der Waals surface area contributed by atoms with Crippen LogP contribution >= 0.6 is 0 Å². The number of hydrogen-bond donors (Lipinski definition) is 0. The van der Waals surface area contributed by atoms with Crippen LogP contribution in [0.4, 0.5) is 0 Å². The van der Waals surface area contributed by atoms with Gasteiger partial charge in [-0.3, -0.25) is 0 Å². The Morgan fingerprint density at radius 3 is 2.47 bits per heavy atom. The van der Waals surface area contributed by atoms with Gasteiger partial charge in [0.2, 0.25) is 0 Å². The second kappa shape index (κ2) is 3.69. The van der Waals surface area contributed by atoms with Crippen LogP contribution in [0.3, 0.4) is 0 Å². The van der Waals surface area contributed by atoms with E-state index in [1.807, 2.05) is 12.1 Å². The van der Waals surface area contributed by atoms with E-state index in [2.05, 4.69) is 12.1 Å². The van der Waals surface area contributed by atoms with Gasteiger partial charge in [0.05, 0.1) is 11.3 Å². The predicted octanol–water partition coefficient (Wildman–Crippen LogP) is 2.22. The first-order valence-corrected chi connectivity index (χ1v) is 4.44. The number of benzene rings is 1. The third-order valence-corrected chi connectivity index (χ3v) is 2.15. The van der Waals surface area contributed by atoms with Gasteiger partial charge in [0.25, 0.3) is 0 Å². The third kappa shape index (κ3) is 1.47. The van der Waals surface area contributed by atoms with Crippen molar-refractivity contribution < 1.29 is 0 Å². The van der Waals surface area contributed by atoms with Crippen LogP contribution in [0, 0.1) is 22.7 Å². The molecule has 0 unspecified atom stereocenters. The molecule has 0 aliphatic heterocycles. The molecule has 0 N–H and O–H groups in total. The van der Waals surface area contributed by atoms with E-state index >= 15 is 0 Å². The molecule has 0 atom stereocenters. The highest BCUT2D eigenvalue weighted by Crippen LogP contribution is 2.16. The highest BCUT2D eigenvalue weighted by Gasteiger charge is 2.05. The molecule has 0 amide bonds. The van der Waals surface area contributed by atoms with Gasteiger partial charge in [0, 0.05) is 6.20 Å². The summed E-state index contributed by atoms with van der Waals surface area (Å²) >= 11 is 0. The van der Waals surface area contributed by atoms with Crippen LogP contribution in [0.1, 0.15) is 11.3 Å². The largest absolute Gasteiger partial charge is 0.307 e. The van der Waals surface area contributed by atoms with E-state index in [1.54, 1.807) is 35.0 Å². The van der Waals surface area contributed by atoms with Gasteiger partial charge >= 0.3 is 0 Å². The van der Waals surface area contributed by atoms with Crippen LogP contribution in [0.25, 0.3) is 5.69 Å². The van der Waals surface area contributed by atoms with Crippen molar-refractivity contribution in [3.05, 3.63) is 53.9 Å². The molecule has 1 aromatic heterocycles. The van der Waals surface area contributed by atoms with Crippen molar-refractivity contribution >= 4 is 0 Å². The summed E-state index contributed by atoms with van der Waals surface area (Å²) < 4.78 is 1.71. The predicted molar refractivity (Wildman–Crippen MR) is 55.2 cm³/mol. The van der Waals surface area contributed by atoms with Crippen molar-refractivity contribution in [1.82, 2.24) is 4.57 Å². The second-order valence-corrected chi connectivity index (χ2v) is 3.00. The summed E-state index contributed by atoms with van der Waals surface area (Å²) in [5.41, 5.74) is 1.82. The molecule has 0 saturated heterocycles. The molecule has 70 valence electrons. The molecule has 1 aromatic carbocycles. The van der Waals surface area contributed by atoms with Crippen LogP contribution in [0.2, 0.25) is 0 Å². The minimum absolute atomic E-state index is 0.526. The van der Waals surface area contributed by atoms with Crippen LogP contribution < -0.4 is 0 Å². The minimum Gasteiger partial charge on any atom is -0.307 e. The quantitative estimate of drug-likeness (QED) is 0.697. The number of rotatable bonds is 1. The van der Waals surface area contributed by atoms with Crippen LogP contribution in [0.15, 0.2) is 42.6 Å². The molecule has 1 heterocycles. The fraction of sp³-hybridized carbons (Fsp3) is 0. The van der Waals surface area contributed by atoms with Gasteiger partial charge in [0.15, 0.2) is 0 Å². The summed E-state index contributed by atoms with van der Waals surface area (Å²) in [7, 11) is 0. The first-order valence-electron chi connectivity index (χ1n) is 4.44. The topological polar surface area (TPSA) is 52.5 Å². The Morgan fingerprint density at radius 2 is 1.73 bits per heavy atom. The molecule has 0 spiro atoms. The van der Waals surface area contributed by atoms with E-state index in [1.165, 1.54) is 0 Å². The SMILES string of the molecule is N#Cc1ccccc1-n1cccc1C#N. The van der Waals surface area contributed by atoms with E-state index in [4.69, 9.17) is 10.5 Å².